The third-order valence-electron chi connectivity index (χ3n) is 3.92. The first-order valence-corrected chi connectivity index (χ1v) is 9.98. The van der Waals surface area contributed by atoms with Gasteiger partial charge in [-0.05, 0) is 36.5 Å². The van der Waals surface area contributed by atoms with Crippen molar-refractivity contribution in [1.29, 1.82) is 0 Å². The van der Waals surface area contributed by atoms with Gasteiger partial charge in [0, 0.05) is 31.9 Å². The summed E-state index contributed by atoms with van der Waals surface area (Å²) in [5.74, 6) is 0.420. The van der Waals surface area contributed by atoms with E-state index in [4.69, 9.17) is 25.1 Å². The molecule has 0 bridgehead atoms. The lowest BCUT2D eigenvalue weighted by molar-refractivity contribution is -0.137. The number of ether oxygens (including phenoxy) is 3. The van der Waals surface area contributed by atoms with E-state index in [0.29, 0.717) is 42.6 Å². The number of pyridine rings is 1. The fourth-order valence-electron chi connectivity index (χ4n) is 2.35. The second kappa shape index (κ2) is 13.2. The van der Waals surface area contributed by atoms with Gasteiger partial charge in [0.1, 0.15) is 18.1 Å². The number of carboxylic acids is 1. The van der Waals surface area contributed by atoms with Crippen LogP contribution in [0.2, 0.25) is 0 Å². The third kappa shape index (κ3) is 12.2. The number of hydrogen-bond donors (Lipinski definition) is 2. The minimum Gasteiger partial charge on any atom is -0.491 e. The predicted molar refractivity (Wildman–Crippen MR) is 118 cm³/mol. The minimum atomic E-state index is -0.691. The summed E-state index contributed by atoms with van der Waals surface area (Å²) in [6.07, 6.45) is 3.45. The Bertz CT molecular complexity index is 816. The molecule has 0 saturated carbocycles. The Morgan fingerprint density at radius 2 is 1.81 bits per heavy atom. The van der Waals surface area contributed by atoms with Crippen LogP contribution in [0.5, 0.6) is 17.4 Å². The van der Waals surface area contributed by atoms with Gasteiger partial charge in [0.05, 0.1) is 12.2 Å². The van der Waals surface area contributed by atoms with Crippen molar-refractivity contribution in [3.63, 3.8) is 0 Å². The summed E-state index contributed by atoms with van der Waals surface area (Å²) in [4.78, 5) is 25.1. The Labute approximate surface area is 183 Å². The number of benzene rings is 1. The molecule has 0 saturated heterocycles. The maximum absolute atomic E-state index is 11.0. The number of carboxylic acid groups (broad SMARTS) is 1. The molecular formula is C23H32N2O6. The van der Waals surface area contributed by atoms with Gasteiger partial charge >= 0.3 is 5.97 Å². The Morgan fingerprint density at radius 3 is 2.35 bits per heavy atom. The van der Waals surface area contributed by atoms with Gasteiger partial charge in [-0.15, -0.1) is 0 Å². The highest BCUT2D eigenvalue weighted by Gasteiger charge is 2.10. The van der Waals surface area contributed by atoms with E-state index in [1.165, 1.54) is 6.20 Å². The number of nitrogens with zero attached hydrogens (tertiary/aromatic N) is 1. The fraction of sp³-hybridized carbons (Fsp3) is 0.435. The summed E-state index contributed by atoms with van der Waals surface area (Å²) in [6.45, 7) is 7.34. The molecule has 0 fully saturated rings. The molecular weight excluding hydrogens is 400 g/mol. The van der Waals surface area contributed by atoms with Crippen molar-refractivity contribution in [3.05, 3.63) is 48.2 Å². The van der Waals surface area contributed by atoms with Crippen LogP contribution in [-0.4, -0.2) is 42.3 Å². The molecule has 170 valence electrons. The SMILES string of the molecule is CC(C)(C)CCCC(=O)O.COCCOc1cccc(Oc2ccc(C(N)=O)cn2)c1. The van der Waals surface area contributed by atoms with E-state index >= 15 is 0 Å². The van der Waals surface area contributed by atoms with Crippen LogP contribution in [0, 0.1) is 5.41 Å². The quantitative estimate of drug-likeness (QED) is 0.537. The minimum absolute atomic E-state index is 0.273. The van der Waals surface area contributed by atoms with E-state index in [9.17, 15) is 9.59 Å². The maximum atomic E-state index is 11.0. The fourth-order valence-corrected chi connectivity index (χ4v) is 2.35. The Hall–Kier alpha value is -3.13. The number of carbonyl (C=O) groups excluding carboxylic acids is 1. The van der Waals surface area contributed by atoms with Gasteiger partial charge in [-0.2, -0.15) is 0 Å². The molecule has 0 aliphatic heterocycles. The van der Waals surface area contributed by atoms with Gasteiger partial charge in [-0.1, -0.05) is 26.8 Å². The van der Waals surface area contributed by atoms with Crippen molar-refractivity contribution in [2.24, 2.45) is 11.1 Å². The second-order valence-corrected chi connectivity index (χ2v) is 7.98. The zero-order valence-corrected chi connectivity index (χ0v) is 18.6. The summed E-state index contributed by atoms with van der Waals surface area (Å²) in [7, 11) is 1.62. The summed E-state index contributed by atoms with van der Waals surface area (Å²) in [6, 6.07) is 10.3. The molecule has 31 heavy (non-hydrogen) atoms. The largest absolute Gasteiger partial charge is 0.491 e. The van der Waals surface area contributed by atoms with Crippen molar-refractivity contribution in [3.8, 4) is 17.4 Å². The van der Waals surface area contributed by atoms with Crippen molar-refractivity contribution in [1.82, 2.24) is 4.98 Å². The van der Waals surface area contributed by atoms with E-state index in [1.807, 2.05) is 12.1 Å². The van der Waals surface area contributed by atoms with E-state index in [0.717, 1.165) is 12.8 Å². The van der Waals surface area contributed by atoms with Crippen LogP contribution >= 0.6 is 0 Å². The molecule has 0 unspecified atom stereocenters. The number of methoxy groups -OCH3 is 1. The molecule has 3 N–H and O–H groups in total. The van der Waals surface area contributed by atoms with Crippen LogP contribution in [0.3, 0.4) is 0 Å². The highest BCUT2D eigenvalue weighted by Crippen LogP contribution is 2.24. The molecule has 0 aliphatic rings. The summed E-state index contributed by atoms with van der Waals surface area (Å²) < 4.78 is 16.0. The summed E-state index contributed by atoms with van der Waals surface area (Å²) in [5, 5.41) is 8.31. The molecule has 8 heteroatoms. The number of carbonyl (C=O) groups is 2. The Morgan fingerprint density at radius 1 is 1.10 bits per heavy atom. The molecule has 0 spiro atoms. The number of amides is 1. The molecule has 1 aromatic carbocycles. The maximum Gasteiger partial charge on any atom is 0.303 e. The van der Waals surface area contributed by atoms with Gasteiger partial charge < -0.3 is 25.1 Å². The first kappa shape index (κ1) is 25.9. The topological polar surface area (TPSA) is 121 Å². The van der Waals surface area contributed by atoms with Crippen LogP contribution < -0.4 is 15.2 Å². The summed E-state index contributed by atoms with van der Waals surface area (Å²) in [5.41, 5.74) is 5.75. The first-order valence-electron chi connectivity index (χ1n) is 9.98. The zero-order valence-electron chi connectivity index (χ0n) is 18.6. The van der Waals surface area contributed by atoms with E-state index in [1.54, 1.807) is 31.4 Å². The van der Waals surface area contributed by atoms with Crippen molar-refractivity contribution in [2.45, 2.75) is 40.0 Å². The third-order valence-corrected chi connectivity index (χ3v) is 3.92. The number of primary amides is 1. The lowest BCUT2D eigenvalue weighted by Crippen LogP contribution is -2.10. The molecule has 1 amide bonds. The molecule has 0 aliphatic carbocycles. The average Bonchev–Trinajstić information content (AvgIpc) is 2.68. The highest BCUT2D eigenvalue weighted by atomic mass is 16.5. The van der Waals surface area contributed by atoms with Gasteiger partial charge in [-0.25, -0.2) is 4.98 Å². The lowest BCUT2D eigenvalue weighted by Gasteiger charge is -2.16. The molecule has 0 atom stereocenters. The number of rotatable bonds is 10. The summed E-state index contributed by atoms with van der Waals surface area (Å²) >= 11 is 0. The molecule has 2 aromatic rings. The Kier molecular flexibility index (Phi) is 11.1. The van der Waals surface area contributed by atoms with Crippen molar-refractivity contribution < 1.29 is 28.9 Å². The molecule has 8 nitrogen and oxygen atoms in total. The number of aromatic nitrogens is 1. The van der Waals surface area contributed by atoms with E-state index < -0.39 is 11.9 Å². The molecule has 0 radical (unpaired) electrons. The smallest absolute Gasteiger partial charge is 0.303 e. The molecule has 1 aromatic heterocycles. The van der Waals surface area contributed by atoms with Gasteiger partial charge in [-0.3, -0.25) is 9.59 Å². The van der Waals surface area contributed by atoms with Crippen molar-refractivity contribution >= 4 is 11.9 Å². The number of nitrogens with two attached hydrogens (primary N) is 1. The lowest BCUT2D eigenvalue weighted by atomic mass is 9.90. The average molecular weight is 433 g/mol. The van der Waals surface area contributed by atoms with Gasteiger partial charge in [0.15, 0.2) is 0 Å². The number of hydrogen-bond acceptors (Lipinski definition) is 6. The standard InChI is InChI=1S/C15H16N2O4.C8H16O2/c1-19-7-8-20-12-3-2-4-13(9-12)21-14-6-5-11(10-17-14)15(16)18;1-8(2,3)6-4-5-7(9)10/h2-6,9-10H,7-8H2,1H3,(H2,16,18);4-6H2,1-3H3,(H,9,10). The molecule has 1 heterocycles. The molecule has 2 rings (SSSR count). The van der Waals surface area contributed by atoms with Crippen LogP contribution in [0.25, 0.3) is 0 Å². The van der Waals surface area contributed by atoms with Crippen LogP contribution in [-0.2, 0) is 9.53 Å². The van der Waals surface area contributed by atoms with Crippen LogP contribution in [0.1, 0.15) is 50.4 Å². The normalized spacial score (nSPS) is 10.6. The second-order valence-electron chi connectivity index (χ2n) is 7.98. The van der Waals surface area contributed by atoms with E-state index in [2.05, 4.69) is 25.8 Å². The van der Waals surface area contributed by atoms with Gasteiger partial charge in [0.2, 0.25) is 11.8 Å². The van der Waals surface area contributed by atoms with Crippen LogP contribution in [0.15, 0.2) is 42.6 Å². The van der Waals surface area contributed by atoms with Gasteiger partial charge in [0.25, 0.3) is 0 Å². The Balaban J connectivity index is 0.000000407. The predicted octanol–water partition coefficient (Wildman–Crippen LogP) is 4.29. The first-order chi connectivity index (χ1) is 14.6. The van der Waals surface area contributed by atoms with Crippen LogP contribution in [0.4, 0.5) is 0 Å². The van der Waals surface area contributed by atoms with Crippen molar-refractivity contribution in [2.75, 3.05) is 20.3 Å². The zero-order chi connectivity index (χ0) is 23.3. The monoisotopic (exact) mass is 432 g/mol. The number of aliphatic carboxylic acids is 1. The highest BCUT2D eigenvalue weighted by molar-refractivity contribution is 5.92. The van der Waals surface area contributed by atoms with E-state index in [-0.39, 0.29) is 5.41 Å².